The highest BCUT2D eigenvalue weighted by Crippen LogP contribution is 2.42. The molecule has 0 aliphatic heterocycles. The molecule has 120 valence electrons. The van der Waals surface area contributed by atoms with Crippen LogP contribution in [0.2, 0.25) is 0 Å². The van der Waals surface area contributed by atoms with E-state index in [4.69, 9.17) is 4.74 Å². The SMILES string of the molecule is CCCCC1CCC(C#N)(c2ccc(OCCC)cc2)CC1. The Hall–Kier alpha value is -1.49. The maximum Gasteiger partial charge on any atom is 0.119 e. The lowest BCUT2D eigenvalue weighted by molar-refractivity contribution is 0.262. The zero-order valence-corrected chi connectivity index (χ0v) is 14.1. The maximum absolute atomic E-state index is 9.79. The smallest absolute Gasteiger partial charge is 0.119 e. The fourth-order valence-electron chi connectivity index (χ4n) is 3.51. The summed E-state index contributed by atoms with van der Waals surface area (Å²) in [7, 11) is 0. The van der Waals surface area contributed by atoms with Crippen LogP contribution in [-0.2, 0) is 5.41 Å². The highest BCUT2D eigenvalue weighted by Gasteiger charge is 2.36. The summed E-state index contributed by atoms with van der Waals surface area (Å²) in [5.74, 6) is 1.74. The van der Waals surface area contributed by atoms with Crippen LogP contribution in [0.4, 0.5) is 0 Å². The van der Waals surface area contributed by atoms with Crippen LogP contribution < -0.4 is 4.74 Å². The summed E-state index contributed by atoms with van der Waals surface area (Å²) in [5.41, 5.74) is 0.902. The molecular formula is C20H29NO. The molecule has 1 aliphatic rings. The topological polar surface area (TPSA) is 33.0 Å². The van der Waals surface area contributed by atoms with E-state index in [0.717, 1.165) is 37.5 Å². The van der Waals surface area contributed by atoms with Gasteiger partial charge in [0.1, 0.15) is 5.75 Å². The molecule has 0 N–H and O–H groups in total. The monoisotopic (exact) mass is 299 g/mol. The van der Waals surface area contributed by atoms with Crippen molar-refractivity contribution >= 4 is 0 Å². The van der Waals surface area contributed by atoms with Crippen molar-refractivity contribution < 1.29 is 4.74 Å². The predicted molar refractivity (Wildman–Crippen MR) is 91.0 cm³/mol. The molecule has 2 rings (SSSR count). The van der Waals surface area contributed by atoms with Crippen molar-refractivity contribution in [1.29, 1.82) is 5.26 Å². The van der Waals surface area contributed by atoms with Crippen LogP contribution in [0.25, 0.3) is 0 Å². The first-order valence-corrected chi connectivity index (χ1v) is 8.88. The molecule has 0 amide bonds. The van der Waals surface area contributed by atoms with Crippen LogP contribution in [0.3, 0.4) is 0 Å². The van der Waals surface area contributed by atoms with Gasteiger partial charge in [-0.2, -0.15) is 5.26 Å². The molecule has 0 heterocycles. The Balaban J connectivity index is 2.01. The highest BCUT2D eigenvalue weighted by atomic mass is 16.5. The third kappa shape index (κ3) is 4.03. The van der Waals surface area contributed by atoms with E-state index in [1.165, 1.54) is 37.7 Å². The first-order chi connectivity index (χ1) is 10.7. The lowest BCUT2D eigenvalue weighted by atomic mass is 9.67. The van der Waals surface area contributed by atoms with Gasteiger partial charge < -0.3 is 4.74 Å². The van der Waals surface area contributed by atoms with Crippen molar-refractivity contribution in [2.75, 3.05) is 6.61 Å². The molecule has 0 aromatic heterocycles. The van der Waals surface area contributed by atoms with Gasteiger partial charge in [-0.15, -0.1) is 0 Å². The number of rotatable bonds is 7. The molecule has 0 unspecified atom stereocenters. The predicted octanol–water partition coefficient (Wildman–Crippen LogP) is 5.62. The minimum absolute atomic E-state index is 0.272. The molecule has 0 atom stereocenters. The fraction of sp³-hybridized carbons (Fsp3) is 0.650. The highest BCUT2D eigenvalue weighted by molar-refractivity contribution is 5.37. The summed E-state index contributed by atoms with van der Waals surface area (Å²) in [6.07, 6.45) is 9.36. The second-order valence-corrected chi connectivity index (χ2v) is 6.65. The molecular weight excluding hydrogens is 270 g/mol. The summed E-state index contributed by atoms with van der Waals surface area (Å²) in [6.45, 7) is 5.11. The van der Waals surface area contributed by atoms with Crippen molar-refractivity contribution in [1.82, 2.24) is 0 Å². The van der Waals surface area contributed by atoms with E-state index in [1.807, 2.05) is 12.1 Å². The molecule has 2 nitrogen and oxygen atoms in total. The standard InChI is InChI=1S/C20H29NO/c1-3-5-6-17-11-13-20(16-21,14-12-17)18-7-9-19(10-8-18)22-15-4-2/h7-10,17H,3-6,11-15H2,1-2H3. The van der Waals surface area contributed by atoms with Crippen molar-refractivity contribution in [3.05, 3.63) is 29.8 Å². The van der Waals surface area contributed by atoms with Gasteiger partial charge in [-0.1, -0.05) is 45.2 Å². The zero-order valence-electron chi connectivity index (χ0n) is 14.1. The lowest BCUT2D eigenvalue weighted by Gasteiger charge is -2.35. The van der Waals surface area contributed by atoms with Crippen molar-refractivity contribution in [2.24, 2.45) is 5.92 Å². The van der Waals surface area contributed by atoms with Gasteiger partial charge in [0.05, 0.1) is 18.1 Å². The van der Waals surface area contributed by atoms with Gasteiger partial charge in [0.2, 0.25) is 0 Å². The van der Waals surface area contributed by atoms with E-state index in [0.29, 0.717) is 0 Å². The minimum Gasteiger partial charge on any atom is -0.494 e. The van der Waals surface area contributed by atoms with Gasteiger partial charge in [0, 0.05) is 0 Å². The average Bonchev–Trinajstić information content (AvgIpc) is 2.59. The summed E-state index contributed by atoms with van der Waals surface area (Å²) >= 11 is 0. The molecule has 1 saturated carbocycles. The Kier molecular flexibility index (Phi) is 6.31. The number of nitriles is 1. The number of hydrogen-bond donors (Lipinski definition) is 0. The summed E-state index contributed by atoms with van der Waals surface area (Å²) in [4.78, 5) is 0. The Bertz CT molecular complexity index is 477. The summed E-state index contributed by atoms with van der Waals surface area (Å²) in [5, 5.41) is 9.79. The van der Waals surface area contributed by atoms with Crippen LogP contribution in [0.1, 0.15) is 70.8 Å². The van der Waals surface area contributed by atoms with E-state index >= 15 is 0 Å². The number of benzene rings is 1. The minimum atomic E-state index is -0.272. The second-order valence-electron chi connectivity index (χ2n) is 6.65. The van der Waals surface area contributed by atoms with Gasteiger partial charge in [-0.3, -0.25) is 0 Å². The Morgan fingerprint density at radius 1 is 1.14 bits per heavy atom. The Morgan fingerprint density at radius 3 is 2.36 bits per heavy atom. The van der Waals surface area contributed by atoms with Crippen LogP contribution in [0.15, 0.2) is 24.3 Å². The molecule has 1 fully saturated rings. The Morgan fingerprint density at radius 2 is 1.82 bits per heavy atom. The zero-order chi connectivity index (χ0) is 15.8. The number of ether oxygens (including phenoxy) is 1. The van der Waals surface area contributed by atoms with Gasteiger partial charge in [0.15, 0.2) is 0 Å². The van der Waals surface area contributed by atoms with E-state index in [2.05, 4.69) is 32.0 Å². The second kappa shape index (κ2) is 8.22. The molecule has 0 bridgehead atoms. The number of unbranched alkanes of at least 4 members (excludes halogenated alkanes) is 1. The van der Waals surface area contributed by atoms with Gasteiger partial charge in [-0.25, -0.2) is 0 Å². The number of hydrogen-bond acceptors (Lipinski definition) is 2. The van der Waals surface area contributed by atoms with E-state index in [9.17, 15) is 5.26 Å². The van der Waals surface area contributed by atoms with Gasteiger partial charge in [-0.05, 0) is 55.7 Å². The first-order valence-electron chi connectivity index (χ1n) is 8.88. The molecule has 22 heavy (non-hydrogen) atoms. The Labute approximate surface area is 135 Å². The molecule has 0 saturated heterocycles. The van der Waals surface area contributed by atoms with E-state index < -0.39 is 0 Å². The molecule has 1 aromatic carbocycles. The summed E-state index contributed by atoms with van der Waals surface area (Å²) in [6, 6.07) is 10.9. The molecule has 2 heteroatoms. The van der Waals surface area contributed by atoms with E-state index in [-0.39, 0.29) is 5.41 Å². The molecule has 0 radical (unpaired) electrons. The molecule has 1 aliphatic carbocycles. The van der Waals surface area contributed by atoms with Crippen LogP contribution >= 0.6 is 0 Å². The fourth-order valence-corrected chi connectivity index (χ4v) is 3.51. The van der Waals surface area contributed by atoms with Gasteiger partial charge in [0.25, 0.3) is 0 Å². The summed E-state index contributed by atoms with van der Waals surface area (Å²) < 4.78 is 5.64. The van der Waals surface area contributed by atoms with Gasteiger partial charge >= 0.3 is 0 Å². The first kappa shape index (κ1) is 16.9. The third-order valence-corrected chi connectivity index (χ3v) is 5.02. The molecule has 0 spiro atoms. The van der Waals surface area contributed by atoms with Crippen molar-refractivity contribution in [3.8, 4) is 11.8 Å². The maximum atomic E-state index is 9.79. The quantitative estimate of drug-likeness (QED) is 0.655. The van der Waals surface area contributed by atoms with Crippen molar-refractivity contribution in [2.45, 2.75) is 70.6 Å². The largest absolute Gasteiger partial charge is 0.494 e. The van der Waals surface area contributed by atoms with Crippen molar-refractivity contribution in [3.63, 3.8) is 0 Å². The van der Waals surface area contributed by atoms with Crippen LogP contribution in [-0.4, -0.2) is 6.61 Å². The third-order valence-electron chi connectivity index (χ3n) is 5.02. The molecule has 1 aromatic rings. The van der Waals surface area contributed by atoms with Crippen LogP contribution in [0.5, 0.6) is 5.75 Å². The van der Waals surface area contributed by atoms with E-state index in [1.54, 1.807) is 0 Å². The number of nitrogens with zero attached hydrogens (tertiary/aromatic N) is 1. The van der Waals surface area contributed by atoms with Crippen LogP contribution in [0, 0.1) is 17.2 Å². The lowest BCUT2D eigenvalue weighted by Crippen LogP contribution is -2.30. The average molecular weight is 299 g/mol. The normalized spacial score (nSPS) is 24.7.